The molecule has 0 amide bonds. The van der Waals surface area contributed by atoms with Crippen molar-refractivity contribution in [1.82, 2.24) is 19.9 Å². The van der Waals surface area contributed by atoms with E-state index in [4.69, 9.17) is 4.74 Å². The van der Waals surface area contributed by atoms with Crippen molar-refractivity contribution in [3.8, 4) is 5.88 Å². The molecule has 0 aliphatic carbocycles. The van der Waals surface area contributed by atoms with Crippen LogP contribution in [-0.2, 0) is 6.54 Å². The minimum absolute atomic E-state index is 0.411. The number of nitrogens with one attached hydrogen (secondary N) is 1. The van der Waals surface area contributed by atoms with Gasteiger partial charge in [0.05, 0.1) is 12.3 Å². The Morgan fingerprint density at radius 3 is 2.96 bits per heavy atom. The maximum Gasteiger partial charge on any atom is 0.218 e. The van der Waals surface area contributed by atoms with Gasteiger partial charge in [0.2, 0.25) is 5.88 Å². The number of hydrogen-bond acceptors (Lipinski definition) is 6. The average Bonchev–Trinajstić information content (AvgIpc) is 2.59. The molecular weight excluding hydrogens is 302 g/mol. The van der Waals surface area contributed by atoms with Crippen LogP contribution in [0.15, 0.2) is 36.8 Å². The van der Waals surface area contributed by atoms with E-state index in [1.165, 1.54) is 0 Å². The smallest absolute Gasteiger partial charge is 0.218 e. The van der Waals surface area contributed by atoms with E-state index in [0.29, 0.717) is 24.4 Å². The Hall–Kier alpha value is -2.21. The van der Waals surface area contributed by atoms with Crippen molar-refractivity contribution in [2.24, 2.45) is 5.92 Å². The van der Waals surface area contributed by atoms with E-state index in [1.807, 2.05) is 31.3 Å². The van der Waals surface area contributed by atoms with E-state index < -0.39 is 0 Å². The molecule has 128 valence electrons. The standard InChI is InChI=1S/C18H25N5O/c1-3-24-18-10-17(20-13-21-18)22-16-7-9-23(11-14(16)2)12-15-6-4-5-8-19-15/h4-6,8,10,13-14,16H,3,7,9,11-12H2,1-2H3,(H,20,21,22)/t14-,16+/m0/s1. The van der Waals surface area contributed by atoms with Crippen LogP contribution in [0.3, 0.4) is 0 Å². The number of anilines is 1. The zero-order valence-electron chi connectivity index (χ0n) is 14.4. The first-order valence-corrected chi connectivity index (χ1v) is 8.58. The molecule has 0 bridgehead atoms. The number of ether oxygens (including phenoxy) is 1. The Balaban J connectivity index is 1.55. The van der Waals surface area contributed by atoms with E-state index in [2.05, 4.69) is 38.2 Å². The van der Waals surface area contributed by atoms with Gasteiger partial charge in [-0.3, -0.25) is 9.88 Å². The first kappa shape index (κ1) is 16.6. The molecule has 24 heavy (non-hydrogen) atoms. The third-order valence-electron chi connectivity index (χ3n) is 4.37. The fourth-order valence-electron chi connectivity index (χ4n) is 3.15. The molecule has 1 N–H and O–H groups in total. The molecule has 2 atom stereocenters. The van der Waals surface area contributed by atoms with Crippen molar-refractivity contribution in [3.63, 3.8) is 0 Å². The summed E-state index contributed by atoms with van der Waals surface area (Å²) in [6, 6.07) is 8.38. The Kier molecular flexibility index (Phi) is 5.59. The highest BCUT2D eigenvalue weighted by molar-refractivity contribution is 5.38. The Morgan fingerprint density at radius 1 is 1.29 bits per heavy atom. The molecular formula is C18H25N5O. The number of rotatable bonds is 6. The summed E-state index contributed by atoms with van der Waals surface area (Å²) in [4.78, 5) is 15.3. The van der Waals surface area contributed by atoms with E-state index >= 15 is 0 Å². The van der Waals surface area contributed by atoms with Gasteiger partial charge in [-0.15, -0.1) is 0 Å². The Labute approximate surface area is 143 Å². The van der Waals surface area contributed by atoms with Crippen LogP contribution in [0.5, 0.6) is 5.88 Å². The van der Waals surface area contributed by atoms with Crippen molar-refractivity contribution in [2.45, 2.75) is 32.9 Å². The Morgan fingerprint density at radius 2 is 2.21 bits per heavy atom. The average molecular weight is 327 g/mol. The van der Waals surface area contributed by atoms with Crippen molar-refractivity contribution in [2.75, 3.05) is 25.0 Å². The summed E-state index contributed by atoms with van der Waals surface area (Å²) in [7, 11) is 0. The highest BCUT2D eigenvalue weighted by atomic mass is 16.5. The van der Waals surface area contributed by atoms with Crippen LogP contribution in [0.1, 0.15) is 26.0 Å². The minimum atomic E-state index is 0.411. The third kappa shape index (κ3) is 4.41. The van der Waals surface area contributed by atoms with Crippen LogP contribution in [0.4, 0.5) is 5.82 Å². The highest BCUT2D eigenvalue weighted by Gasteiger charge is 2.26. The lowest BCUT2D eigenvalue weighted by molar-refractivity contribution is 0.163. The van der Waals surface area contributed by atoms with Crippen LogP contribution in [0.25, 0.3) is 0 Å². The van der Waals surface area contributed by atoms with Crippen LogP contribution in [0.2, 0.25) is 0 Å². The van der Waals surface area contributed by atoms with Crippen LogP contribution in [0, 0.1) is 5.92 Å². The van der Waals surface area contributed by atoms with Gasteiger partial charge in [-0.1, -0.05) is 13.0 Å². The second-order valence-corrected chi connectivity index (χ2v) is 6.25. The van der Waals surface area contributed by atoms with Gasteiger partial charge < -0.3 is 10.1 Å². The molecule has 2 aromatic rings. The highest BCUT2D eigenvalue weighted by Crippen LogP contribution is 2.22. The van der Waals surface area contributed by atoms with Crippen molar-refractivity contribution >= 4 is 5.82 Å². The first-order chi connectivity index (χ1) is 11.7. The van der Waals surface area contributed by atoms with Crippen LogP contribution < -0.4 is 10.1 Å². The lowest BCUT2D eigenvalue weighted by Gasteiger charge is -2.37. The van der Waals surface area contributed by atoms with Crippen molar-refractivity contribution in [1.29, 1.82) is 0 Å². The quantitative estimate of drug-likeness (QED) is 0.880. The van der Waals surface area contributed by atoms with Gasteiger partial charge in [-0.25, -0.2) is 9.97 Å². The summed E-state index contributed by atoms with van der Waals surface area (Å²) in [6.07, 6.45) is 4.49. The van der Waals surface area contributed by atoms with Crippen LogP contribution >= 0.6 is 0 Å². The lowest BCUT2D eigenvalue weighted by Crippen LogP contribution is -2.45. The number of pyridine rings is 1. The summed E-state index contributed by atoms with van der Waals surface area (Å²) >= 11 is 0. The van der Waals surface area contributed by atoms with Gasteiger partial charge in [-0.2, -0.15) is 0 Å². The normalized spacial score (nSPS) is 21.4. The molecule has 0 radical (unpaired) electrons. The largest absolute Gasteiger partial charge is 0.478 e. The summed E-state index contributed by atoms with van der Waals surface area (Å²) in [6.45, 7) is 7.87. The van der Waals surface area contributed by atoms with Gasteiger partial charge in [0.1, 0.15) is 12.1 Å². The Bertz CT molecular complexity index is 636. The minimum Gasteiger partial charge on any atom is -0.478 e. The lowest BCUT2D eigenvalue weighted by atomic mass is 9.93. The van der Waals surface area contributed by atoms with E-state index in [1.54, 1.807) is 6.33 Å². The van der Waals surface area contributed by atoms with E-state index in [9.17, 15) is 0 Å². The molecule has 1 aliphatic heterocycles. The molecule has 1 aliphatic rings. The topological polar surface area (TPSA) is 63.2 Å². The molecule has 0 unspecified atom stereocenters. The predicted molar refractivity (Wildman–Crippen MR) is 93.9 cm³/mol. The molecule has 1 saturated heterocycles. The molecule has 2 aromatic heterocycles. The molecule has 0 spiro atoms. The number of hydrogen-bond donors (Lipinski definition) is 1. The maximum absolute atomic E-state index is 5.44. The molecule has 3 rings (SSSR count). The van der Waals surface area contributed by atoms with Gasteiger partial charge in [0.15, 0.2) is 0 Å². The summed E-state index contributed by atoms with van der Waals surface area (Å²) in [5.74, 6) is 1.99. The number of nitrogens with zero attached hydrogens (tertiary/aromatic N) is 4. The third-order valence-corrected chi connectivity index (χ3v) is 4.37. The number of aromatic nitrogens is 3. The number of likely N-dealkylation sites (tertiary alicyclic amines) is 1. The van der Waals surface area contributed by atoms with Gasteiger partial charge in [0.25, 0.3) is 0 Å². The molecule has 1 fully saturated rings. The molecule has 0 saturated carbocycles. The van der Waals surface area contributed by atoms with Crippen molar-refractivity contribution in [3.05, 3.63) is 42.5 Å². The van der Waals surface area contributed by atoms with Gasteiger partial charge in [-0.05, 0) is 31.4 Å². The second-order valence-electron chi connectivity index (χ2n) is 6.25. The zero-order valence-corrected chi connectivity index (χ0v) is 14.4. The SMILES string of the molecule is CCOc1cc(N[C@@H]2CCN(Cc3ccccn3)C[C@@H]2C)ncn1. The summed E-state index contributed by atoms with van der Waals surface area (Å²) in [5.41, 5.74) is 1.13. The van der Waals surface area contributed by atoms with Crippen molar-refractivity contribution < 1.29 is 4.74 Å². The molecule has 0 aromatic carbocycles. The molecule has 3 heterocycles. The van der Waals surface area contributed by atoms with Gasteiger partial charge in [0, 0.05) is 37.9 Å². The monoisotopic (exact) mass is 327 g/mol. The first-order valence-electron chi connectivity index (χ1n) is 8.58. The fraction of sp³-hybridized carbons (Fsp3) is 0.500. The second kappa shape index (κ2) is 8.06. The number of piperidine rings is 1. The predicted octanol–water partition coefficient (Wildman–Crippen LogP) is 2.59. The summed E-state index contributed by atoms with van der Waals surface area (Å²) in [5, 5.41) is 3.54. The van der Waals surface area contributed by atoms with E-state index in [-0.39, 0.29) is 0 Å². The van der Waals surface area contributed by atoms with E-state index in [0.717, 1.165) is 37.6 Å². The van der Waals surface area contributed by atoms with Crippen LogP contribution in [-0.4, -0.2) is 45.6 Å². The zero-order chi connectivity index (χ0) is 16.8. The molecule has 6 nitrogen and oxygen atoms in total. The maximum atomic E-state index is 5.44. The molecule has 6 heteroatoms. The fourth-order valence-corrected chi connectivity index (χ4v) is 3.15. The van der Waals surface area contributed by atoms with Gasteiger partial charge >= 0.3 is 0 Å². The summed E-state index contributed by atoms with van der Waals surface area (Å²) < 4.78 is 5.44.